The van der Waals surface area contributed by atoms with E-state index in [1.165, 1.54) is 18.2 Å². The standard InChI is InChI=1S/C23H19ClN2O2/c1-14-3-10-22(26-25-14)20-9-6-16-11-15(4-8-19(16)20)12-17-5-7-18(24)13-21(17)23(27)28-2/h3-11,13,20H,12H2,1-2H3. The molecule has 0 amide bonds. The van der Waals surface area contributed by atoms with E-state index in [4.69, 9.17) is 16.3 Å². The van der Waals surface area contributed by atoms with Gasteiger partial charge in [-0.3, -0.25) is 0 Å². The lowest BCUT2D eigenvalue weighted by Gasteiger charge is -2.12. The van der Waals surface area contributed by atoms with Gasteiger partial charge < -0.3 is 4.74 Å². The molecule has 1 atom stereocenters. The zero-order valence-corrected chi connectivity index (χ0v) is 16.4. The predicted octanol–water partition coefficient (Wildman–Crippen LogP) is 4.97. The third kappa shape index (κ3) is 3.56. The van der Waals surface area contributed by atoms with E-state index >= 15 is 0 Å². The van der Waals surface area contributed by atoms with Crippen molar-refractivity contribution in [1.82, 2.24) is 10.2 Å². The highest BCUT2D eigenvalue weighted by atomic mass is 35.5. The van der Waals surface area contributed by atoms with Crippen molar-refractivity contribution in [3.63, 3.8) is 0 Å². The molecule has 1 unspecified atom stereocenters. The van der Waals surface area contributed by atoms with E-state index in [1.807, 2.05) is 25.1 Å². The van der Waals surface area contributed by atoms with E-state index in [0.29, 0.717) is 17.0 Å². The first kappa shape index (κ1) is 18.4. The zero-order chi connectivity index (χ0) is 19.7. The zero-order valence-electron chi connectivity index (χ0n) is 15.6. The molecule has 1 aromatic heterocycles. The first-order chi connectivity index (χ1) is 13.5. The van der Waals surface area contributed by atoms with Crippen molar-refractivity contribution in [3.05, 3.63) is 98.8 Å². The second-order valence-electron chi connectivity index (χ2n) is 6.87. The number of nitrogens with zero attached hydrogens (tertiary/aromatic N) is 2. The molecule has 1 heterocycles. The number of esters is 1. The number of carbonyl (C=O) groups excluding carboxylic acids is 1. The van der Waals surface area contributed by atoms with E-state index in [0.717, 1.165) is 22.5 Å². The Labute approximate surface area is 168 Å². The van der Waals surface area contributed by atoms with Crippen LogP contribution in [-0.2, 0) is 11.2 Å². The van der Waals surface area contributed by atoms with Crippen LogP contribution in [0.3, 0.4) is 0 Å². The predicted molar refractivity (Wildman–Crippen MR) is 110 cm³/mol. The molecule has 0 spiro atoms. The summed E-state index contributed by atoms with van der Waals surface area (Å²) in [5.41, 5.74) is 6.74. The number of hydrogen-bond donors (Lipinski definition) is 0. The number of ether oxygens (including phenoxy) is 1. The van der Waals surface area contributed by atoms with Crippen LogP contribution in [-0.4, -0.2) is 23.3 Å². The molecule has 28 heavy (non-hydrogen) atoms. The molecular formula is C23H19ClN2O2. The molecule has 1 aliphatic rings. The summed E-state index contributed by atoms with van der Waals surface area (Å²) in [6.45, 7) is 1.93. The number of allylic oxidation sites excluding steroid dienone is 1. The maximum absolute atomic E-state index is 12.1. The van der Waals surface area contributed by atoms with Gasteiger partial charge in [0.2, 0.25) is 0 Å². The van der Waals surface area contributed by atoms with Gasteiger partial charge in [-0.25, -0.2) is 4.79 Å². The third-order valence-electron chi connectivity index (χ3n) is 4.96. The van der Waals surface area contributed by atoms with Crippen molar-refractivity contribution >= 4 is 23.6 Å². The average Bonchev–Trinajstić information content (AvgIpc) is 3.12. The molecular weight excluding hydrogens is 372 g/mol. The SMILES string of the molecule is COC(=O)c1cc(Cl)ccc1Cc1ccc2c(c1)C=CC2c1ccc(C)nn1. The van der Waals surface area contributed by atoms with Gasteiger partial charge in [0.25, 0.3) is 0 Å². The maximum atomic E-state index is 12.1. The number of fused-ring (bicyclic) bond motifs is 1. The van der Waals surface area contributed by atoms with Gasteiger partial charge in [0.15, 0.2) is 0 Å². The fraction of sp³-hybridized carbons (Fsp3) is 0.174. The Bertz CT molecular complexity index is 1070. The highest BCUT2D eigenvalue weighted by Crippen LogP contribution is 2.35. The molecule has 0 bridgehead atoms. The lowest BCUT2D eigenvalue weighted by atomic mass is 9.93. The molecule has 140 valence electrons. The Morgan fingerprint density at radius 2 is 1.96 bits per heavy atom. The van der Waals surface area contributed by atoms with Crippen molar-refractivity contribution in [1.29, 1.82) is 0 Å². The summed E-state index contributed by atoms with van der Waals surface area (Å²) in [4.78, 5) is 12.1. The largest absolute Gasteiger partial charge is 0.465 e. The second-order valence-corrected chi connectivity index (χ2v) is 7.31. The number of hydrogen-bond acceptors (Lipinski definition) is 4. The van der Waals surface area contributed by atoms with Crippen LogP contribution in [0.2, 0.25) is 5.02 Å². The van der Waals surface area contributed by atoms with Gasteiger partial charge in [-0.1, -0.05) is 48.0 Å². The quantitative estimate of drug-likeness (QED) is 0.590. The number of rotatable bonds is 4. The molecule has 5 heteroatoms. The maximum Gasteiger partial charge on any atom is 0.338 e. The monoisotopic (exact) mass is 390 g/mol. The first-order valence-corrected chi connectivity index (χ1v) is 9.41. The molecule has 0 fully saturated rings. The summed E-state index contributed by atoms with van der Waals surface area (Å²) in [6.07, 6.45) is 4.89. The summed E-state index contributed by atoms with van der Waals surface area (Å²) < 4.78 is 4.89. The highest BCUT2D eigenvalue weighted by Gasteiger charge is 2.21. The van der Waals surface area contributed by atoms with E-state index in [2.05, 4.69) is 40.5 Å². The molecule has 0 saturated carbocycles. The Kier molecular flexibility index (Phi) is 4.97. The fourth-order valence-electron chi connectivity index (χ4n) is 3.52. The molecule has 0 saturated heterocycles. The minimum Gasteiger partial charge on any atom is -0.465 e. The van der Waals surface area contributed by atoms with E-state index in [1.54, 1.807) is 12.1 Å². The Hall–Kier alpha value is -2.98. The van der Waals surface area contributed by atoms with Crippen LogP contribution in [0.5, 0.6) is 0 Å². The topological polar surface area (TPSA) is 52.1 Å². The lowest BCUT2D eigenvalue weighted by Crippen LogP contribution is -2.06. The summed E-state index contributed by atoms with van der Waals surface area (Å²) in [5, 5.41) is 9.02. The molecule has 0 aliphatic heterocycles. The van der Waals surface area contributed by atoms with E-state index in [9.17, 15) is 4.79 Å². The van der Waals surface area contributed by atoms with Crippen molar-refractivity contribution in [2.24, 2.45) is 0 Å². The molecule has 4 rings (SSSR count). The summed E-state index contributed by atoms with van der Waals surface area (Å²) in [7, 11) is 1.38. The number of benzene rings is 2. The van der Waals surface area contributed by atoms with Gasteiger partial charge in [0.1, 0.15) is 0 Å². The van der Waals surface area contributed by atoms with Gasteiger partial charge in [-0.15, -0.1) is 0 Å². The van der Waals surface area contributed by atoms with Gasteiger partial charge in [0.05, 0.1) is 24.1 Å². The third-order valence-corrected chi connectivity index (χ3v) is 5.20. The minimum atomic E-state index is -0.378. The highest BCUT2D eigenvalue weighted by molar-refractivity contribution is 6.31. The first-order valence-electron chi connectivity index (χ1n) is 9.03. The summed E-state index contributed by atoms with van der Waals surface area (Å²) >= 11 is 6.05. The fourth-order valence-corrected chi connectivity index (χ4v) is 3.69. The van der Waals surface area contributed by atoms with Crippen molar-refractivity contribution < 1.29 is 9.53 Å². The molecule has 0 radical (unpaired) electrons. The van der Waals surface area contributed by atoms with Crippen LogP contribution >= 0.6 is 11.6 Å². The Balaban J connectivity index is 1.62. The molecule has 4 nitrogen and oxygen atoms in total. The minimum absolute atomic E-state index is 0.123. The van der Waals surface area contributed by atoms with Crippen molar-refractivity contribution in [2.75, 3.05) is 7.11 Å². The van der Waals surface area contributed by atoms with Crippen molar-refractivity contribution in [3.8, 4) is 0 Å². The summed E-state index contributed by atoms with van der Waals surface area (Å²) in [5.74, 6) is -0.255. The molecule has 0 N–H and O–H groups in total. The van der Waals surface area contributed by atoms with Gasteiger partial charge >= 0.3 is 5.97 Å². The number of carbonyl (C=O) groups is 1. The smallest absolute Gasteiger partial charge is 0.338 e. The lowest BCUT2D eigenvalue weighted by molar-refractivity contribution is 0.0599. The van der Waals surface area contributed by atoms with E-state index < -0.39 is 0 Å². The molecule has 2 aromatic carbocycles. The number of halogens is 1. The van der Waals surface area contributed by atoms with Crippen LogP contribution in [0.1, 0.15) is 49.9 Å². The molecule has 3 aromatic rings. The van der Waals surface area contributed by atoms with Gasteiger partial charge in [0, 0.05) is 10.9 Å². The second kappa shape index (κ2) is 7.56. The average molecular weight is 391 g/mol. The Morgan fingerprint density at radius 3 is 2.71 bits per heavy atom. The van der Waals surface area contributed by atoms with Crippen LogP contribution in [0.15, 0.2) is 54.6 Å². The van der Waals surface area contributed by atoms with Gasteiger partial charge in [-0.05, 0) is 59.9 Å². The summed E-state index contributed by atoms with van der Waals surface area (Å²) in [6, 6.07) is 15.7. The number of methoxy groups -OCH3 is 1. The van der Waals surface area contributed by atoms with Crippen molar-refractivity contribution in [2.45, 2.75) is 19.3 Å². The molecule has 1 aliphatic carbocycles. The number of aryl methyl sites for hydroxylation is 1. The number of aromatic nitrogens is 2. The van der Waals surface area contributed by atoms with E-state index in [-0.39, 0.29) is 11.9 Å². The van der Waals surface area contributed by atoms with Gasteiger partial charge in [-0.2, -0.15) is 10.2 Å². The van der Waals surface area contributed by atoms with Crippen LogP contribution in [0.4, 0.5) is 0 Å². The normalized spacial score (nSPS) is 14.8. The Morgan fingerprint density at radius 1 is 1.11 bits per heavy atom. The van der Waals surface area contributed by atoms with Crippen LogP contribution in [0, 0.1) is 6.92 Å². The van der Waals surface area contributed by atoms with Crippen LogP contribution < -0.4 is 0 Å². The van der Waals surface area contributed by atoms with Crippen LogP contribution in [0.25, 0.3) is 6.08 Å².